The Hall–Kier alpha value is -3.17. The van der Waals surface area contributed by atoms with Crippen LogP contribution in [0.15, 0.2) is 39.7 Å². The molecule has 4 rings (SSSR count). The van der Waals surface area contributed by atoms with Crippen molar-refractivity contribution in [3.05, 3.63) is 52.1 Å². The van der Waals surface area contributed by atoms with Crippen molar-refractivity contribution < 1.29 is 50.2 Å². The Balaban J connectivity index is 1.45. The molecule has 2 aliphatic heterocycles. The third-order valence-electron chi connectivity index (χ3n) is 6.40. The summed E-state index contributed by atoms with van der Waals surface area (Å²) in [6.07, 6.45) is -7.47. The molecule has 0 aliphatic carbocycles. The van der Waals surface area contributed by atoms with E-state index < -0.39 is 46.7 Å². The fourth-order valence-electron chi connectivity index (χ4n) is 4.33. The number of thioether (sulfide) groups is 1. The van der Waals surface area contributed by atoms with Gasteiger partial charge in [-0.1, -0.05) is 24.0 Å². The number of nitrogens with zero attached hydrogens (tertiary/aromatic N) is 2. The fraction of sp³-hybridized carbons (Fsp3) is 0.360. The van der Waals surface area contributed by atoms with Crippen molar-refractivity contribution in [2.75, 3.05) is 26.2 Å². The van der Waals surface area contributed by atoms with Crippen LogP contribution in [-0.4, -0.2) is 63.1 Å². The van der Waals surface area contributed by atoms with Crippen LogP contribution in [0.5, 0.6) is 0 Å². The Morgan fingerprint density at radius 3 is 2.20 bits per heavy atom. The molecule has 0 bridgehead atoms. The second-order valence-electron chi connectivity index (χ2n) is 9.24. The molecule has 1 amide bonds. The lowest BCUT2D eigenvalue weighted by Crippen LogP contribution is -2.42. The van der Waals surface area contributed by atoms with E-state index in [4.69, 9.17) is 21.7 Å². The largest absolute Gasteiger partial charge is 0.475 e. The zero-order chi connectivity index (χ0) is 29.4. The lowest BCUT2D eigenvalue weighted by Gasteiger charge is -2.32. The summed E-state index contributed by atoms with van der Waals surface area (Å²) >= 11 is 6.32. The number of carbonyl (C=O) groups is 3. The summed E-state index contributed by atoms with van der Waals surface area (Å²) in [6, 6.07) is 3.67. The van der Waals surface area contributed by atoms with Gasteiger partial charge in [0.05, 0.1) is 22.6 Å². The first-order valence-electron chi connectivity index (χ1n) is 11.8. The summed E-state index contributed by atoms with van der Waals surface area (Å²) in [7, 11) is 0. The number of aliphatic carboxylic acids is 1. The van der Waals surface area contributed by atoms with Gasteiger partial charge in [0.1, 0.15) is 15.8 Å². The van der Waals surface area contributed by atoms with Crippen LogP contribution in [0.25, 0.3) is 17.4 Å². The molecule has 2 saturated heterocycles. The molecule has 2 aliphatic rings. The van der Waals surface area contributed by atoms with E-state index in [1.54, 1.807) is 4.90 Å². The monoisotopic (exact) mass is 606 g/mol. The molecule has 1 aromatic heterocycles. The first kappa shape index (κ1) is 29.8. The van der Waals surface area contributed by atoms with Gasteiger partial charge in [-0.25, -0.2) is 4.79 Å². The number of ketones is 1. The lowest BCUT2D eigenvalue weighted by atomic mass is 9.96. The van der Waals surface area contributed by atoms with Crippen molar-refractivity contribution in [3.63, 3.8) is 0 Å². The Bertz CT molecular complexity index is 1340. The molecular formula is C25H20F6N2O5S2. The summed E-state index contributed by atoms with van der Waals surface area (Å²) in [5.74, 6) is -2.96. The number of hydrogen-bond acceptors (Lipinski definition) is 7. The van der Waals surface area contributed by atoms with Crippen LogP contribution in [0, 0.1) is 5.92 Å². The second kappa shape index (κ2) is 11.4. The molecule has 3 heterocycles. The summed E-state index contributed by atoms with van der Waals surface area (Å²) < 4.78 is 85.0. The van der Waals surface area contributed by atoms with Crippen LogP contribution in [0.2, 0.25) is 0 Å². The zero-order valence-corrected chi connectivity index (χ0v) is 22.0. The third kappa shape index (κ3) is 6.93. The summed E-state index contributed by atoms with van der Waals surface area (Å²) in [5, 5.41) is 8.75. The summed E-state index contributed by atoms with van der Waals surface area (Å²) in [4.78, 5) is 38.5. The molecule has 2 aromatic rings. The Morgan fingerprint density at radius 2 is 1.65 bits per heavy atom. The average Bonchev–Trinajstić information content (AvgIpc) is 3.44. The number of benzene rings is 1. The van der Waals surface area contributed by atoms with E-state index in [0.717, 1.165) is 11.8 Å². The molecule has 0 unspecified atom stereocenters. The second-order valence-corrected chi connectivity index (χ2v) is 10.9. The smallest absolute Gasteiger partial charge is 0.416 e. The Labute approximate surface area is 232 Å². The number of amides is 1. The molecule has 214 valence electrons. The van der Waals surface area contributed by atoms with Crippen LogP contribution in [-0.2, 0) is 26.7 Å². The van der Waals surface area contributed by atoms with Crippen molar-refractivity contribution in [1.29, 1.82) is 0 Å². The number of Topliss-reactive ketones (excluding diaryl/α,β-unsaturated/α-hetero) is 1. The quantitative estimate of drug-likeness (QED) is 0.190. The number of alkyl halides is 6. The van der Waals surface area contributed by atoms with Crippen LogP contribution in [0.4, 0.5) is 26.3 Å². The van der Waals surface area contributed by atoms with Crippen LogP contribution in [0.3, 0.4) is 0 Å². The number of thiocarbonyl (C=S) groups is 1. The number of furan rings is 1. The van der Waals surface area contributed by atoms with Gasteiger partial charge >= 0.3 is 18.3 Å². The van der Waals surface area contributed by atoms with Gasteiger partial charge in [0.15, 0.2) is 0 Å². The number of rotatable bonds is 7. The fourth-order valence-corrected chi connectivity index (χ4v) is 5.58. The van der Waals surface area contributed by atoms with Gasteiger partial charge < -0.3 is 9.52 Å². The highest BCUT2D eigenvalue weighted by molar-refractivity contribution is 8.26. The highest BCUT2D eigenvalue weighted by Gasteiger charge is 2.38. The highest BCUT2D eigenvalue weighted by atomic mass is 32.2. The van der Waals surface area contributed by atoms with E-state index in [1.165, 1.54) is 23.1 Å². The lowest BCUT2D eigenvalue weighted by molar-refractivity contribution is -0.149. The number of carboxylic acids is 1. The average molecular weight is 607 g/mol. The van der Waals surface area contributed by atoms with Gasteiger partial charge in [0, 0.05) is 18.2 Å². The minimum Gasteiger partial charge on any atom is -0.475 e. The van der Waals surface area contributed by atoms with E-state index in [0.29, 0.717) is 44.6 Å². The maximum atomic E-state index is 13.2. The zero-order valence-electron chi connectivity index (χ0n) is 20.3. The maximum Gasteiger partial charge on any atom is 0.416 e. The van der Waals surface area contributed by atoms with E-state index in [-0.39, 0.29) is 39.3 Å². The molecule has 15 heteroatoms. The molecule has 1 aromatic carbocycles. The van der Waals surface area contributed by atoms with Gasteiger partial charge in [-0.15, -0.1) is 0 Å². The van der Waals surface area contributed by atoms with Crippen LogP contribution in [0.1, 0.15) is 29.7 Å². The van der Waals surface area contributed by atoms with Gasteiger partial charge in [-0.2, -0.15) is 26.3 Å². The highest BCUT2D eigenvalue weighted by Crippen LogP contribution is 2.40. The molecule has 0 atom stereocenters. The summed E-state index contributed by atoms with van der Waals surface area (Å²) in [5.41, 5.74) is -3.38. The van der Waals surface area contributed by atoms with Crippen molar-refractivity contribution in [1.82, 2.24) is 9.80 Å². The SMILES string of the molecule is O=C(O)C(=O)CN1CCC(CN2C(=O)/C(=C/c3ccc(-c4cc(C(F)(F)F)cc(C(F)(F)F)c4)o3)SC2=S)CC1. The number of likely N-dealkylation sites (tertiary alicyclic amines) is 1. The number of hydrogen-bond donors (Lipinski definition) is 1. The Kier molecular flexibility index (Phi) is 8.47. The molecule has 40 heavy (non-hydrogen) atoms. The molecule has 1 N–H and O–H groups in total. The van der Waals surface area contributed by atoms with Gasteiger partial charge in [0.2, 0.25) is 0 Å². The van der Waals surface area contributed by atoms with Gasteiger partial charge in [0.25, 0.3) is 11.7 Å². The topological polar surface area (TPSA) is 91.1 Å². The van der Waals surface area contributed by atoms with Crippen molar-refractivity contribution in [2.24, 2.45) is 5.92 Å². The van der Waals surface area contributed by atoms with Crippen LogP contribution < -0.4 is 0 Å². The third-order valence-corrected chi connectivity index (χ3v) is 7.78. The standard InChI is InChI=1S/C25H20F6N2O5S2/c26-24(27,28)15-7-14(8-16(9-15)25(29,30)31)19-2-1-17(38-19)10-20-21(35)33(23(39)40-20)11-13-3-5-32(6-4-13)12-18(34)22(36)37/h1-2,7-10,13H,3-6,11-12H2,(H,36,37)/b20-10-. The van der Waals surface area contributed by atoms with E-state index in [2.05, 4.69) is 0 Å². The maximum absolute atomic E-state index is 13.2. The number of piperidine rings is 1. The molecule has 0 spiro atoms. The molecule has 0 saturated carbocycles. The van der Waals surface area contributed by atoms with E-state index in [9.17, 15) is 40.7 Å². The van der Waals surface area contributed by atoms with Crippen molar-refractivity contribution >= 4 is 52.0 Å². The molecule has 0 radical (unpaired) electrons. The number of halogens is 6. The first-order valence-corrected chi connectivity index (χ1v) is 13.0. The predicted molar refractivity (Wildman–Crippen MR) is 136 cm³/mol. The minimum absolute atomic E-state index is 0.0259. The van der Waals surface area contributed by atoms with Crippen molar-refractivity contribution in [3.8, 4) is 11.3 Å². The van der Waals surface area contributed by atoms with Gasteiger partial charge in [-0.05, 0) is 62.2 Å². The normalized spacial score (nSPS) is 18.6. The Morgan fingerprint density at radius 1 is 1.05 bits per heavy atom. The number of carboxylic acid groups (broad SMARTS) is 1. The number of carbonyl (C=O) groups excluding carboxylic acids is 2. The molecule has 7 nitrogen and oxygen atoms in total. The van der Waals surface area contributed by atoms with Crippen molar-refractivity contribution in [2.45, 2.75) is 25.2 Å². The minimum atomic E-state index is -5.01. The van der Waals surface area contributed by atoms with Gasteiger partial charge in [-0.3, -0.25) is 19.4 Å². The van der Waals surface area contributed by atoms with Crippen LogP contribution >= 0.6 is 24.0 Å². The predicted octanol–water partition coefficient (Wildman–Crippen LogP) is 5.55. The van der Waals surface area contributed by atoms with E-state index >= 15 is 0 Å². The molecule has 2 fully saturated rings. The summed E-state index contributed by atoms with van der Waals surface area (Å²) in [6.45, 7) is 1.08. The van der Waals surface area contributed by atoms with E-state index in [1.807, 2.05) is 0 Å². The first-order chi connectivity index (χ1) is 18.6. The molecular weight excluding hydrogens is 586 g/mol.